The Labute approximate surface area is 164 Å². The Bertz CT molecular complexity index is 793. The van der Waals surface area contributed by atoms with Crippen molar-refractivity contribution in [3.05, 3.63) is 56.2 Å². The van der Waals surface area contributed by atoms with Crippen molar-refractivity contribution in [1.82, 2.24) is 0 Å². The smallest absolute Gasteiger partial charge is 0.488 e. The molecule has 0 amide bonds. The lowest BCUT2D eigenvalue weighted by Crippen LogP contribution is -2.11. The molecule has 0 N–H and O–H groups in total. The van der Waals surface area contributed by atoms with Crippen molar-refractivity contribution in [2.24, 2.45) is 0 Å². The molecule has 2 rings (SSSR count). The molecule has 0 aliphatic carbocycles. The first-order chi connectivity index (χ1) is 12.4. The second-order valence-electron chi connectivity index (χ2n) is 5.53. The molecule has 0 aromatic heterocycles. The van der Waals surface area contributed by atoms with Crippen molar-refractivity contribution >= 4 is 28.7 Å². The van der Waals surface area contributed by atoms with Crippen molar-refractivity contribution in [1.29, 1.82) is 0 Å². The van der Waals surface area contributed by atoms with Crippen LogP contribution in [-0.4, -0.2) is 13.3 Å². The van der Waals surface area contributed by atoms with E-state index in [1.165, 1.54) is 13.2 Å². The fourth-order valence-corrected chi connectivity index (χ4v) is 3.11. The fourth-order valence-electron chi connectivity index (χ4n) is 2.48. The largest absolute Gasteiger partial charge is 0.513 e. The van der Waals surface area contributed by atoms with Crippen molar-refractivity contribution < 1.29 is 27.8 Å². The van der Waals surface area contributed by atoms with Gasteiger partial charge in [0.25, 0.3) is 6.43 Å². The van der Waals surface area contributed by atoms with Gasteiger partial charge in [-0.25, -0.2) is 13.6 Å². The zero-order valence-electron chi connectivity index (χ0n) is 14.6. The molecule has 140 valence electrons. The lowest BCUT2D eigenvalue weighted by Gasteiger charge is -2.16. The maximum Gasteiger partial charge on any atom is 0.513 e. The molecular formula is C19H19F2IO4. The highest BCUT2D eigenvalue weighted by Crippen LogP contribution is 2.34. The lowest BCUT2D eigenvalue weighted by atomic mass is 10.0. The molecule has 7 heteroatoms. The van der Waals surface area contributed by atoms with Crippen molar-refractivity contribution in [3.63, 3.8) is 0 Å². The summed E-state index contributed by atoms with van der Waals surface area (Å²) in [6, 6.07) is 8.22. The zero-order valence-corrected chi connectivity index (χ0v) is 16.8. The Balaban J connectivity index is 2.32. The second-order valence-corrected chi connectivity index (χ2v) is 6.69. The molecule has 0 radical (unpaired) electrons. The number of hydrogen-bond donors (Lipinski definition) is 0. The second kappa shape index (κ2) is 9.16. The molecule has 0 aliphatic rings. The van der Waals surface area contributed by atoms with E-state index in [1.54, 1.807) is 18.2 Å². The molecule has 0 heterocycles. The molecule has 2 aromatic carbocycles. The van der Waals surface area contributed by atoms with Crippen LogP contribution in [0.4, 0.5) is 13.6 Å². The fraction of sp³-hybridized carbons (Fsp3) is 0.316. The highest BCUT2D eigenvalue weighted by Gasteiger charge is 2.18. The highest BCUT2D eigenvalue weighted by molar-refractivity contribution is 14.1. The van der Waals surface area contributed by atoms with Gasteiger partial charge in [-0.1, -0.05) is 13.0 Å². The van der Waals surface area contributed by atoms with Crippen LogP contribution in [0, 0.1) is 10.5 Å². The normalized spacial score (nSPS) is 10.7. The van der Waals surface area contributed by atoms with Gasteiger partial charge in [0, 0.05) is 9.13 Å². The van der Waals surface area contributed by atoms with E-state index in [0.29, 0.717) is 12.0 Å². The van der Waals surface area contributed by atoms with Gasteiger partial charge in [-0.2, -0.15) is 0 Å². The standard InChI is InChI=1S/C19H19F2IO4/c1-4-12-9-13(18(20)21)17(8-11(12)2)25-10-14-15(22)6-5-7-16(14)26-19(23)24-3/h5-9,18H,4,10H2,1-3H3. The van der Waals surface area contributed by atoms with Crippen LogP contribution < -0.4 is 9.47 Å². The maximum absolute atomic E-state index is 13.4. The van der Waals surface area contributed by atoms with E-state index in [4.69, 9.17) is 9.47 Å². The summed E-state index contributed by atoms with van der Waals surface area (Å²) >= 11 is 2.07. The number of ether oxygens (including phenoxy) is 3. The van der Waals surface area contributed by atoms with Gasteiger partial charge < -0.3 is 14.2 Å². The SMILES string of the molecule is CCc1cc(C(F)F)c(OCc2c(I)cccc2OC(=O)OC)cc1C. The van der Waals surface area contributed by atoms with E-state index in [0.717, 1.165) is 14.7 Å². The Kier molecular flexibility index (Phi) is 7.19. The van der Waals surface area contributed by atoms with Crippen molar-refractivity contribution in [3.8, 4) is 11.5 Å². The zero-order chi connectivity index (χ0) is 19.3. The molecule has 0 unspecified atom stereocenters. The van der Waals surface area contributed by atoms with Crippen LogP contribution in [-0.2, 0) is 17.8 Å². The van der Waals surface area contributed by atoms with Gasteiger partial charge in [0.05, 0.1) is 12.7 Å². The number of benzene rings is 2. The van der Waals surface area contributed by atoms with Crippen LogP contribution >= 0.6 is 22.6 Å². The number of halogens is 3. The Morgan fingerprint density at radius 3 is 2.58 bits per heavy atom. The van der Waals surface area contributed by atoms with Gasteiger partial charge in [0.1, 0.15) is 18.1 Å². The molecule has 26 heavy (non-hydrogen) atoms. The highest BCUT2D eigenvalue weighted by atomic mass is 127. The average molecular weight is 476 g/mol. The van der Waals surface area contributed by atoms with Crippen molar-refractivity contribution in [2.45, 2.75) is 33.3 Å². The van der Waals surface area contributed by atoms with Gasteiger partial charge in [0.2, 0.25) is 0 Å². The summed E-state index contributed by atoms with van der Waals surface area (Å²) in [5.74, 6) is 0.391. The molecule has 0 fully saturated rings. The Morgan fingerprint density at radius 1 is 1.23 bits per heavy atom. The summed E-state index contributed by atoms with van der Waals surface area (Å²) in [6.45, 7) is 3.76. The van der Waals surface area contributed by atoms with E-state index in [9.17, 15) is 13.6 Å². The van der Waals surface area contributed by atoms with Gasteiger partial charge in [0.15, 0.2) is 0 Å². The van der Waals surface area contributed by atoms with Crippen LogP contribution in [0.3, 0.4) is 0 Å². The number of carbonyl (C=O) groups excluding carboxylic acids is 1. The van der Waals surface area contributed by atoms with E-state index >= 15 is 0 Å². The molecule has 2 aromatic rings. The Morgan fingerprint density at radius 2 is 1.96 bits per heavy atom. The third-order valence-corrected chi connectivity index (χ3v) is 4.90. The van der Waals surface area contributed by atoms with E-state index in [2.05, 4.69) is 27.3 Å². The van der Waals surface area contributed by atoms with E-state index in [1.807, 2.05) is 19.9 Å². The third-order valence-electron chi connectivity index (χ3n) is 3.89. The van der Waals surface area contributed by atoms with E-state index in [-0.39, 0.29) is 23.7 Å². The molecule has 0 saturated carbocycles. The lowest BCUT2D eigenvalue weighted by molar-refractivity contribution is 0.120. The monoisotopic (exact) mass is 476 g/mol. The van der Waals surface area contributed by atoms with Crippen LogP contribution in [0.15, 0.2) is 30.3 Å². The summed E-state index contributed by atoms with van der Waals surface area (Å²) in [5.41, 5.74) is 2.18. The van der Waals surface area contributed by atoms with Gasteiger partial charge in [-0.15, -0.1) is 0 Å². The first kappa shape index (κ1) is 20.4. The van der Waals surface area contributed by atoms with Gasteiger partial charge in [-0.05, 0) is 71.3 Å². The number of alkyl halides is 2. The molecule has 0 bridgehead atoms. The topological polar surface area (TPSA) is 44.8 Å². The summed E-state index contributed by atoms with van der Waals surface area (Å²) in [5, 5.41) is 0. The number of aryl methyl sites for hydroxylation is 2. The predicted octanol–water partition coefficient (Wildman–Crippen LogP) is 5.82. The summed E-state index contributed by atoms with van der Waals surface area (Å²) < 4.78 is 42.9. The summed E-state index contributed by atoms with van der Waals surface area (Å²) in [6.07, 6.45) is -2.83. The number of methoxy groups -OCH3 is 1. The number of carbonyl (C=O) groups is 1. The van der Waals surface area contributed by atoms with Crippen LogP contribution in [0.2, 0.25) is 0 Å². The van der Waals surface area contributed by atoms with Crippen LogP contribution in [0.1, 0.15) is 35.6 Å². The molecule has 0 spiro atoms. The number of hydrogen-bond acceptors (Lipinski definition) is 4. The molecule has 4 nitrogen and oxygen atoms in total. The van der Waals surface area contributed by atoms with Crippen molar-refractivity contribution in [2.75, 3.05) is 7.11 Å². The first-order valence-corrected chi connectivity index (χ1v) is 9.02. The third kappa shape index (κ3) is 4.84. The number of rotatable bonds is 6. The van der Waals surface area contributed by atoms with Gasteiger partial charge >= 0.3 is 6.16 Å². The van der Waals surface area contributed by atoms with Gasteiger partial charge in [-0.3, -0.25) is 0 Å². The molecule has 0 atom stereocenters. The van der Waals surface area contributed by atoms with Crippen LogP contribution in [0.5, 0.6) is 11.5 Å². The minimum absolute atomic E-state index is 0.0178. The quantitative estimate of drug-likeness (QED) is 0.299. The minimum Gasteiger partial charge on any atom is -0.488 e. The summed E-state index contributed by atoms with van der Waals surface area (Å²) in [4.78, 5) is 11.4. The predicted molar refractivity (Wildman–Crippen MR) is 102 cm³/mol. The molecule has 0 aliphatic heterocycles. The Hall–Kier alpha value is -1.90. The van der Waals surface area contributed by atoms with E-state index < -0.39 is 12.6 Å². The summed E-state index contributed by atoms with van der Waals surface area (Å²) in [7, 11) is 1.21. The minimum atomic E-state index is -2.64. The molecule has 0 saturated heterocycles. The first-order valence-electron chi connectivity index (χ1n) is 7.94. The van der Waals surface area contributed by atoms with Crippen LogP contribution in [0.25, 0.3) is 0 Å². The average Bonchev–Trinajstić information content (AvgIpc) is 2.60. The molecular weight excluding hydrogens is 457 g/mol. The maximum atomic E-state index is 13.4.